The van der Waals surface area contributed by atoms with Crippen molar-refractivity contribution in [1.29, 1.82) is 0 Å². The number of benzene rings is 1. The molecule has 1 unspecified atom stereocenters. The Labute approximate surface area is 156 Å². The fourth-order valence-corrected chi connectivity index (χ4v) is 3.27. The largest absolute Gasteiger partial charge is 0.358 e. The summed E-state index contributed by atoms with van der Waals surface area (Å²) in [5.74, 6) is -0.194. The number of amides is 1. The number of halogens is 1. The lowest BCUT2D eigenvalue weighted by molar-refractivity contribution is -0.113. The van der Waals surface area contributed by atoms with Crippen molar-refractivity contribution < 1.29 is 4.79 Å². The molecule has 1 atom stereocenters. The van der Waals surface area contributed by atoms with Crippen molar-refractivity contribution in [1.82, 2.24) is 15.2 Å². The van der Waals surface area contributed by atoms with E-state index < -0.39 is 0 Å². The molecule has 0 aliphatic carbocycles. The summed E-state index contributed by atoms with van der Waals surface area (Å²) >= 11 is 6.00. The van der Waals surface area contributed by atoms with Gasteiger partial charge in [-0.2, -0.15) is 0 Å². The first-order chi connectivity index (χ1) is 12.7. The van der Waals surface area contributed by atoms with Crippen LogP contribution in [0, 0.1) is 0 Å². The lowest BCUT2D eigenvalue weighted by Crippen LogP contribution is -2.37. The number of hydrogen-bond acceptors (Lipinski definition) is 4. The van der Waals surface area contributed by atoms with Crippen molar-refractivity contribution in [3.05, 3.63) is 95.2 Å². The predicted octanol–water partition coefficient (Wildman–Crippen LogP) is 3.44. The van der Waals surface area contributed by atoms with Crippen LogP contribution in [-0.4, -0.2) is 22.0 Å². The summed E-state index contributed by atoms with van der Waals surface area (Å²) in [5, 5.41) is 6.83. The van der Waals surface area contributed by atoms with Crippen LogP contribution in [-0.2, 0) is 11.2 Å². The first kappa shape index (κ1) is 16.4. The number of nitrogens with zero attached hydrogens (tertiary/aromatic N) is 2. The molecule has 6 heteroatoms. The topological polar surface area (TPSA) is 57.3 Å². The van der Waals surface area contributed by atoms with Gasteiger partial charge in [0.15, 0.2) is 0 Å². The highest BCUT2D eigenvalue weighted by Crippen LogP contribution is 2.27. The number of pyridine rings is 1. The van der Waals surface area contributed by atoms with E-state index in [1.54, 1.807) is 24.4 Å². The Morgan fingerprint density at radius 1 is 1.27 bits per heavy atom. The van der Waals surface area contributed by atoms with Crippen molar-refractivity contribution in [3.8, 4) is 0 Å². The Bertz CT molecular complexity index is 920. The van der Waals surface area contributed by atoms with E-state index in [2.05, 4.69) is 20.5 Å². The van der Waals surface area contributed by atoms with Gasteiger partial charge >= 0.3 is 0 Å². The molecule has 2 N–H and O–H groups in total. The van der Waals surface area contributed by atoms with Crippen LogP contribution in [0.1, 0.15) is 5.56 Å². The van der Waals surface area contributed by atoms with Crippen molar-refractivity contribution in [2.24, 2.45) is 0 Å². The smallest absolute Gasteiger partial charge is 0.273 e. The van der Waals surface area contributed by atoms with Crippen molar-refractivity contribution in [2.45, 2.75) is 12.6 Å². The van der Waals surface area contributed by atoms with Crippen molar-refractivity contribution >= 4 is 23.2 Å². The standard InChI is InChI=1S/C20H17ClN4O/c21-15-6-3-7-16(12-15)23-20(26)19-17-8-1-2-10-25(17)18(24-19)11-14-5-4-9-22-13-14/h1-10,12-13,18,24H,11H2,(H,23,26). The molecule has 2 aliphatic rings. The quantitative estimate of drug-likeness (QED) is 0.872. The molecule has 130 valence electrons. The minimum absolute atomic E-state index is 0.0458. The van der Waals surface area contributed by atoms with Gasteiger partial charge in [0.2, 0.25) is 0 Å². The average molecular weight is 365 g/mol. The normalized spacial score (nSPS) is 17.9. The van der Waals surface area contributed by atoms with E-state index in [1.165, 1.54) is 0 Å². The molecule has 1 amide bonds. The molecule has 2 aliphatic heterocycles. The second kappa shape index (κ2) is 7.06. The van der Waals surface area contributed by atoms with E-state index in [0.29, 0.717) is 16.4 Å². The Kier molecular flexibility index (Phi) is 4.46. The maximum absolute atomic E-state index is 12.8. The monoisotopic (exact) mass is 364 g/mol. The molecule has 5 nitrogen and oxygen atoms in total. The van der Waals surface area contributed by atoms with E-state index in [4.69, 9.17) is 11.6 Å². The third-order valence-electron chi connectivity index (χ3n) is 4.25. The molecule has 0 spiro atoms. The minimum atomic E-state index is -0.194. The van der Waals surface area contributed by atoms with Crippen LogP contribution in [0.5, 0.6) is 0 Å². The molecular weight excluding hydrogens is 348 g/mol. The molecule has 0 saturated carbocycles. The summed E-state index contributed by atoms with van der Waals surface area (Å²) in [6, 6.07) is 11.1. The van der Waals surface area contributed by atoms with E-state index in [9.17, 15) is 4.79 Å². The van der Waals surface area contributed by atoms with Crippen LogP contribution in [0.15, 0.2) is 84.6 Å². The highest BCUT2D eigenvalue weighted by molar-refractivity contribution is 6.30. The zero-order valence-corrected chi connectivity index (χ0v) is 14.6. The van der Waals surface area contributed by atoms with Crippen LogP contribution in [0.25, 0.3) is 0 Å². The van der Waals surface area contributed by atoms with Crippen LogP contribution in [0.2, 0.25) is 5.02 Å². The number of carbonyl (C=O) groups is 1. The number of hydrogen-bond donors (Lipinski definition) is 2. The van der Waals surface area contributed by atoms with Gasteiger partial charge in [-0.1, -0.05) is 29.8 Å². The maximum atomic E-state index is 12.8. The summed E-state index contributed by atoms with van der Waals surface area (Å²) in [5.41, 5.74) is 3.15. The molecule has 2 aromatic rings. The summed E-state index contributed by atoms with van der Waals surface area (Å²) in [6.45, 7) is 0. The Hall–Kier alpha value is -3.05. The highest BCUT2D eigenvalue weighted by atomic mass is 35.5. The Morgan fingerprint density at radius 3 is 3.00 bits per heavy atom. The fraction of sp³-hybridized carbons (Fsp3) is 0.100. The lowest BCUT2D eigenvalue weighted by atomic mass is 10.1. The van der Waals surface area contributed by atoms with E-state index in [0.717, 1.165) is 17.7 Å². The number of aromatic nitrogens is 1. The van der Waals surface area contributed by atoms with Crippen LogP contribution in [0.3, 0.4) is 0 Å². The highest BCUT2D eigenvalue weighted by Gasteiger charge is 2.33. The third kappa shape index (κ3) is 3.34. The molecule has 1 aromatic heterocycles. The number of fused-ring (bicyclic) bond motifs is 1. The molecule has 0 saturated heterocycles. The van der Waals surface area contributed by atoms with Crippen LogP contribution < -0.4 is 10.6 Å². The Morgan fingerprint density at radius 2 is 2.19 bits per heavy atom. The maximum Gasteiger partial charge on any atom is 0.273 e. The first-order valence-corrected chi connectivity index (χ1v) is 8.68. The first-order valence-electron chi connectivity index (χ1n) is 8.30. The second-order valence-electron chi connectivity index (χ2n) is 6.06. The SMILES string of the molecule is O=C(Nc1cccc(Cl)c1)C1=C2C=CC=CN2C(Cc2cccnc2)N1. The van der Waals surface area contributed by atoms with Gasteiger partial charge in [-0.05, 0) is 42.0 Å². The molecule has 0 bridgehead atoms. The average Bonchev–Trinajstić information content (AvgIpc) is 3.01. The van der Waals surface area contributed by atoms with Gasteiger partial charge in [0.1, 0.15) is 11.9 Å². The number of nitrogens with one attached hydrogen (secondary N) is 2. The van der Waals surface area contributed by atoms with E-state index in [1.807, 2.05) is 48.8 Å². The van der Waals surface area contributed by atoms with Crippen molar-refractivity contribution in [2.75, 3.05) is 5.32 Å². The molecule has 4 rings (SSSR count). The number of anilines is 1. The summed E-state index contributed by atoms with van der Waals surface area (Å²) in [7, 11) is 0. The van der Waals surface area contributed by atoms with E-state index in [-0.39, 0.29) is 12.1 Å². The zero-order valence-electron chi connectivity index (χ0n) is 13.9. The molecule has 26 heavy (non-hydrogen) atoms. The molecule has 0 radical (unpaired) electrons. The van der Waals surface area contributed by atoms with Gasteiger partial charge in [-0.3, -0.25) is 9.78 Å². The summed E-state index contributed by atoms with van der Waals surface area (Å²) in [4.78, 5) is 19.0. The lowest BCUT2D eigenvalue weighted by Gasteiger charge is -2.25. The molecule has 0 fully saturated rings. The van der Waals surface area contributed by atoms with Crippen LogP contribution >= 0.6 is 11.6 Å². The van der Waals surface area contributed by atoms with Gasteiger partial charge in [-0.25, -0.2) is 0 Å². The van der Waals surface area contributed by atoms with Gasteiger partial charge in [0.25, 0.3) is 5.91 Å². The number of rotatable bonds is 4. The zero-order chi connectivity index (χ0) is 17.9. The molecule has 3 heterocycles. The van der Waals surface area contributed by atoms with Gasteiger partial charge in [-0.15, -0.1) is 0 Å². The Balaban J connectivity index is 1.56. The number of allylic oxidation sites excluding steroid dienone is 3. The van der Waals surface area contributed by atoms with Gasteiger partial charge in [0, 0.05) is 35.7 Å². The summed E-state index contributed by atoms with van der Waals surface area (Å²) in [6.07, 6.45) is 12.1. The summed E-state index contributed by atoms with van der Waals surface area (Å²) < 4.78 is 0. The van der Waals surface area contributed by atoms with E-state index >= 15 is 0 Å². The molecule has 1 aromatic carbocycles. The van der Waals surface area contributed by atoms with Crippen LogP contribution in [0.4, 0.5) is 5.69 Å². The van der Waals surface area contributed by atoms with Gasteiger partial charge in [0.05, 0.1) is 5.70 Å². The third-order valence-corrected chi connectivity index (χ3v) is 4.49. The molecular formula is C20H17ClN4O. The second-order valence-corrected chi connectivity index (χ2v) is 6.49. The predicted molar refractivity (Wildman–Crippen MR) is 102 cm³/mol. The minimum Gasteiger partial charge on any atom is -0.358 e. The van der Waals surface area contributed by atoms with Gasteiger partial charge < -0.3 is 15.5 Å². The fourth-order valence-electron chi connectivity index (χ4n) is 3.08. The number of carbonyl (C=O) groups excluding carboxylic acids is 1. The van der Waals surface area contributed by atoms with Crippen molar-refractivity contribution in [3.63, 3.8) is 0 Å².